The van der Waals surface area contributed by atoms with Crippen LogP contribution in [0.15, 0.2) is 48.5 Å². The predicted molar refractivity (Wildman–Crippen MR) is 96.4 cm³/mol. The zero-order valence-electron chi connectivity index (χ0n) is 14.9. The van der Waals surface area contributed by atoms with E-state index in [2.05, 4.69) is 5.32 Å². The molecular weight excluding hydrogens is 367 g/mol. The van der Waals surface area contributed by atoms with Crippen LogP contribution in [0, 0.1) is 5.82 Å². The summed E-state index contributed by atoms with van der Waals surface area (Å²) >= 11 is 0. The van der Waals surface area contributed by atoms with Gasteiger partial charge in [0.05, 0.1) is 13.2 Å². The summed E-state index contributed by atoms with van der Waals surface area (Å²) in [5.74, 6) is 0.125. The number of carbonyl (C=O) groups is 2. The summed E-state index contributed by atoms with van der Waals surface area (Å²) in [6.45, 7) is -0.0564. The first-order valence-electron chi connectivity index (χ1n) is 8.92. The SMILES string of the molecule is O=C1N[C@]2(CCOc3ccccc32)C(=O)N1C[C@@H](O)COc1ccc(F)cc1. The Morgan fingerprint density at radius 3 is 2.75 bits per heavy atom. The molecule has 0 aliphatic carbocycles. The van der Waals surface area contributed by atoms with E-state index in [9.17, 15) is 19.1 Å². The predicted octanol–water partition coefficient (Wildman–Crippen LogP) is 1.80. The van der Waals surface area contributed by atoms with Crippen molar-refractivity contribution < 1.29 is 28.6 Å². The van der Waals surface area contributed by atoms with Crippen molar-refractivity contribution in [3.8, 4) is 11.5 Å². The third kappa shape index (κ3) is 3.16. The largest absolute Gasteiger partial charge is 0.493 e. The molecule has 0 saturated carbocycles. The molecule has 8 heteroatoms. The number of aliphatic hydroxyl groups excluding tert-OH is 1. The number of fused-ring (bicyclic) bond motifs is 2. The zero-order valence-corrected chi connectivity index (χ0v) is 14.9. The lowest BCUT2D eigenvalue weighted by atomic mass is 9.84. The van der Waals surface area contributed by atoms with Gasteiger partial charge in [0.2, 0.25) is 0 Å². The van der Waals surface area contributed by atoms with Crippen molar-refractivity contribution in [1.82, 2.24) is 10.2 Å². The monoisotopic (exact) mass is 386 g/mol. The van der Waals surface area contributed by atoms with Crippen LogP contribution in [-0.4, -0.2) is 47.8 Å². The van der Waals surface area contributed by atoms with Crippen molar-refractivity contribution >= 4 is 11.9 Å². The Labute approximate surface area is 160 Å². The lowest BCUT2D eigenvalue weighted by Crippen LogP contribution is -2.48. The molecule has 7 nitrogen and oxygen atoms in total. The Morgan fingerprint density at radius 1 is 1.21 bits per heavy atom. The van der Waals surface area contributed by atoms with Crippen LogP contribution >= 0.6 is 0 Å². The molecule has 2 aromatic rings. The minimum absolute atomic E-state index is 0.143. The number of nitrogens with one attached hydrogen (secondary N) is 1. The van der Waals surface area contributed by atoms with Crippen molar-refractivity contribution in [2.75, 3.05) is 19.8 Å². The summed E-state index contributed by atoms with van der Waals surface area (Å²) in [4.78, 5) is 26.6. The number of nitrogens with zero attached hydrogens (tertiary/aromatic N) is 1. The highest BCUT2D eigenvalue weighted by molar-refractivity contribution is 6.08. The summed E-state index contributed by atoms with van der Waals surface area (Å²) in [7, 11) is 0. The van der Waals surface area contributed by atoms with Crippen molar-refractivity contribution in [3.05, 3.63) is 59.9 Å². The van der Waals surface area contributed by atoms with Crippen LogP contribution in [0.3, 0.4) is 0 Å². The van der Waals surface area contributed by atoms with Crippen LogP contribution in [0.1, 0.15) is 12.0 Å². The maximum Gasteiger partial charge on any atom is 0.325 e. The Morgan fingerprint density at radius 2 is 1.96 bits per heavy atom. The fourth-order valence-electron chi connectivity index (χ4n) is 3.52. The van der Waals surface area contributed by atoms with E-state index in [1.807, 2.05) is 0 Å². The molecule has 4 rings (SSSR count). The molecule has 0 radical (unpaired) electrons. The average molecular weight is 386 g/mol. The highest BCUT2D eigenvalue weighted by atomic mass is 19.1. The Hall–Kier alpha value is -3.13. The number of urea groups is 1. The molecule has 3 amide bonds. The number of hydrogen-bond donors (Lipinski definition) is 2. The molecule has 1 fully saturated rings. The van der Waals surface area contributed by atoms with Gasteiger partial charge in [-0.3, -0.25) is 9.69 Å². The minimum atomic E-state index is -1.18. The van der Waals surface area contributed by atoms with Gasteiger partial charge >= 0.3 is 6.03 Å². The van der Waals surface area contributed by atoms with Crippen molar-refractivity contribution in [2.24, 2.45) is 0 Å². The van der Waals surface area contributed by atoms with E-state index in [4.69, 9.17) is 9.47 Å². The number of benzene rings is 2. The standard InChI is InChI=1S/C20H19FN2O5/c21-13-5-7-15(8-6-13)28-12-14(24)11-23-18(25)20(22-19(23)26)9-10-27-17-4-2-1-3-16(17)20/h1-8,14,24H,9-12H2,(H,22,26)/t14-,20+/m1/s1. The van der Waals surface area contributed by atoms with Crippen LogP contribution in [0.4, 0.5) is 9.18 Å². The van der Waals surface area contributed by atoms with E-state index >= 15 is 0 Å². The summed E-state index contributed by atoms with van der Waals surface area (Å²) in [5, 5.41) is 13.0. The molecule has 0 unspecified atom stereocenters. The van der Waals surface area contributed by atoms with E-state index in [1.54, 1.807) is 24.3 Å². The lowest BCUT2D eigenvalue weighted by molar-refractivity contribution is -0.133. The van der Waals surface area contributed by atoms with Gasteiger partial charge in [-0.25, -0.2) is 9.18 Å². The van der Waals surface area contributed by atoms with E-state index in [0.717, 1.165) is 4.90 Å². The third-order valence-electron chi connectivity index (χ3n) is 4.91. The van der Waals surface area contributed by atoms with Gasteiger partial charge in [-0.15, -0.1) is 0 Å². The van der Waals surface area contributed by atoms with Crippen LogP contribution in [0.2, 0.25) is 0 Å². The summed E-state index contributed by atoms with van der Waals surface area (Å²) in [6.07, 6.45) is -0.780. The maximum atomic E-state index is 13.1. The first-order chi connectivity index (χ1) is 13.5. The Kier molecular flexibility index (Phi) is 4.64. The van der Waals surface area contributed by atoms with Gasteiger partial charge in [-0.2, -0.15) is 0 Å². The number of amides is 3. The van der Waals surface area contributed by atoms with Gasteiger partial charge in [-0.1, -0.05) is 18.2 Å². The average Bonchev–Trinajstić information content (AvgIpc) is 2.93. The fourth-order valence-corrected chi connectivity index (χ4v) is 3.52. The van der Waals surface area contributed by atoms with E-state index in [0.29, 0.717) is 30.1 Å². The van der Waals surface area contributed by atoms with Crippen LogP contribution in [0.25, 0.3) is 0 Å². The molecular formula is C20H19FN2O5. The molecule has 0 bridgehead atoms. The van der Waals surface area contributed by atoms with Crippen LogP contribution in [0.5, 0.6) is 11.5 Å². The molecule has 146 valence electrons. The second-order valence-electron chi connectivity index (χ2n) is 6.76. The van der Waals surface area contributed by atoms with Crippen molar-refractivity contribution in [1.29, 1.82) is 0 Å². The fraction of sp³-hybridized carbons (Fsp3) is 0.300. The molecule has 1 spiro atoms. The molecule has 1 saturated heterocycles. The number of β-amino-alcohol motifs (C(OH)–C–C–N with tert-alkyl or cyclic N) is 1. The third-order valence-corrected chi connectivity index (χ3v) is 4.91. The Bertz CT molecular complexity index is 904. The molecule has 2 N–H and O–H groups in total. The van der Waals surface area contributed by atoms with Crippen LogP contribution in [-0.2, 0) is 10.3 Å². The van der Waals surface area contributed by atoms with E-state index in [1.165, 1.54) is 24.3 Å². The molecule has 2 heterocycles. The molecule has 28 heavy (non-hydrogen) atoms. The zero-order chi connectivity index (χ0) is 19.7. The van der Waals surface area contributed by atoms with Crippen molar-refractivity contribution in [3.63, 3.8) is 0 Å². The van der Waals surface area contributed by atoms with Gasteiger partial charge in [0.25, 0.3) is 5.91 Å². The molecule has 2 aliphatic rings. The summed E-state index contributed by atoms with van der Waals surface area (Å²) in [6, 6.07) is 11.9. The normalized spacial score (nSPS) is 21.9. The summed E-state index contributed by atoms with van der Waals surface area (Å²) in [5.41, 5.74) is -0.567. The number of halogens is 1. The van der Waals surface area contributed by atoms with E-state index < -0.39 is 29.4 Å². The molecule has 2 aliphatic heterocycles. The number of hydrogen-bond acceptors (Lipinski definition) is 5. The van der Waals surface area contributed by atoms with Crippen LogP contribution < -0.4 is 14.8 Å². The first kappa shape index (κ1) is 18.2. The second-order valence-corrected chi connectivity index (χ2v) is 6.76. The number of carbonyl (C=O) groups excluding carboxylic acids is 2. The molecule has 2 atom stereocenters. The highest BCUT2D eigenvalue weighted by Crippen LogP contribution is 2.40. The molecule has 0 aromatic heterocycles. The van der Waals surface area contributed by atoms with Gasteiger partial charge in [0.1, 0.15) is 30.0 Å². The smallest absolute Gasteiger partial charge is 0.325 e. The van der Waals surface area contributed by atoms with Gasteiger partial charge in [0, 0.05) is 12.0 Å². The number of para-hydroxylation sites is 1. The topological polar surface area (TPSA) is 88.1 Å². The number of aliphatic hydroxyl groups is 1. The second kappa shape index (κ2) is 7.12. The number of imide groups is 1. The number of ether oxygens (including phenoxy) is 2. The quantitative estimate of drug-likeness (QED) is 0.765. The maximum absolute atomic E-state index is 13.1. The van der Waals surface area contributed by atoms with Gasteiger partial charge in [0.15, 0.2) is 5.54 Å². The Balaban J connectivity index is 1.45. The molecule has 2 aromatic carbocycles. The highest BCUT2D eigenvalue weighted by Gasteiger charge is 2.55. The van der Waals surface area contributed by atoms with Gasteiger partial charge in [-0.05, 0) is 30.3 Å². The number of rotatable bonds is 5. The minimum Gasteiger partial charge on any atom is -0.493 e. The van der Waals surface area contributed by atoms with Gasteiger partial charge < -0.3 is 19.9 Å². The lowest BCUT2D eigenvalue weighted by Gasteiger charge is -2.33. The first-order valence-corrected chi connectivity index (χ1v) is 8.92. The summed E-state index contributed by atoms with van der Waals surface area (Å²) < 4.78 is 23.9. The van der Waals surface area contributed by atoms with Crippen molar-refractivity contribution in [2.45, 2.75) is 18.1 Å². The van der Waals surface area contributed by atoms with E-state index in [-0.39, 0.29) is 13.2 Å².